The molecular weight excluding hydrogens is 368 g/mol. The summed E-state index contributed by atoms with van der Waals surface area (Å²) in [6.07, 6.45) is 2.03. The van der Waals surface area contributed by atoms with Gasteiger partial charge in [0.2, 0.25) is 5.91 Å². The normalized spacial score (nSPS) is 14.6. The molecule has 6 heteroatoms. The van der Waals surface area contributed by atoms with Crippen molar-refractivity contribution >= 4 is 23.4 Å². The highest BCUT2D eigenvalue weighted by Gasteiger charge is 2.28. The van der Waals surface area contributed by atoms with Gasteiger partial charge in [-0.05, 0) is 43.9 Å². The fraction of sp³-hybridized carbons (Fsp3) is 0.318. The highest BCUT2D eigenvalue weighted by molar-refractivity contribution is 8.00. The van der Waals surface area contributed by atoms with E-state index in [1.165, 1.54) is 17.3 Å². The molecular formula is C22H24N4OS. The third-order valence-electron chi connectivity index (χ3n) is 5.23. The minimum Gasteiger partial charge on any atom is -0.311 e. The molecule has 0 unspecified atom stereocenters. The molecule has 4 rings (SSSR count). The second-order valence-corrected chi connectivity index (χ2v) is 8.47. The monoisotopic (exact) mass is 392 g/mol. The van der Waals surface area contributed by atoms with Crippen LogP contribution < -0.4 is 4.90 Å². The van der Waals surface area contributed by atoms with Crippen LogP contribution in [0.1, 0.15) is 24.5 Å². The van der Waals surface area contributed by atoms with Crippen molar-refractivity contribution in [2.75, 3.05) is 11.4 Å². The minimum atomic E-state index is -0.237. The molecule has 0 N–H and O–H groups in total. The van der Waals surface area contributed by atoms with Crippen molar-refractivity contribution in [1.82, 2.24) is 14.8 Å². The van der Waals surface area contributed by atoms with E-state index in [1.54, 1.807) is 0 Å². The van der Waals surface area contributed by atoms with Gasteiger partial charge in [-0.3, -0.25) is 4.79 Å². The molecule has 28 heavy (non-hydrogen) atoms. The summed E-state index contributed by atoms with van der Waals surface area (Å²) >= 11 is 1.47. The summed E-state index contributed by atoms with van der Waals surface area (Å²) in [5, 5.41) is 9.24. The van der Waals surface area contributed by atoms with Crippen molar-refractivity contribution in [3.63, 3.8) is 0 Å². The fourth-order valence-electron chi connectivity index (χ4n) is 3.67. The maximum Gasteiger partial charge on any atom is 0.240 e. The number of aromatic nitrogens is 3. The van der Waals surface area contributed by atoms with E-state index in [0.717, 1.165) is 47.2 Å². The molecule has 2 heterocycles. The number of para-hydroxylation sites is 1. The van der Waals surface area contributed by atoms with Gasteiger partial charge in [-0.25, -0.2) is 0 Å². The van der Waals surface area contributed by atoms with E-state index in [0.29, 0.717) is 0 Å². The number of rotatable bonds is 4. The molecule has 0 saturated heterocycles. The maximum atomic E-state index is 13.2. The van der Waals surface area contributed by atoms with Crippen LogP contribution in [0.2, 0.25) is 0 Å². The van der Waals surface area contributed by atoms with E-state index in [4.69, 9.17) is 0 Å². The van der Waals surface area contributed by atoms with E-state index < -0.39 is 0 Å². The maximum absolute atomic E-state index is 13.2. The van der Waals surface area contributed by atoms with Crippen LogP contribution in [-0.2, 0) is 18.3 Å². The van der Waals surface area contributed by atoms with Gasteiger partial charge in [0.25, 0.3) is 0 Å². The number of thioether (sulfide) groups is 1. The Bertz CT molecular complexity index is 1010. The first-order chi connectivity index (χ1) is 13.6. The molecule has 5 nitrogen and oxygen atoms in total. The number of carbonyl (C=O) groups excluding carboxylic acids is 1. The van der Waals surface area contributed by atoms with Crippen LogP contribution in [0.25, 0.3) is 11.4 Å². The van der Waals surface area contributed by atoms with Crippen molar-refractivity contribution < 1.29 is 4.79 Å². The minimum absolute atomic E-state index is 0.123. The largest absolute Gasteiger partial charge is 0.311 e. The number of anilines is 1. The van der Waals surface area contributed by atoms with Gasteiger partial charge in [-0.1, -0.05) is 54.2 Å². The van der Waals surface area contributed by atoms with Gasteiger partial charge in [-0.15, -0.1) is 10.2 Å². The lowest BCUT2D eigenvalue weighted by Gasteiger charge is -2.31. The van der Waals surface area contributed by atoms with Gasteiger partial charge in [0.15, 0.2) is 11.0 Å². The van der Waals surface area contributed by atoms with Crippen LogP contribution in [0.3, 0.4) is 0 Å². The number of carbonyl (C=O) groups is 1. The number of hydrogen-bond acceptors (Lipinski definition) is 4. The summed E-state index contributed by atoms with van der Waals surface area (Å²) in [6, 6.07) is 16.3. The lowest BCUT2D eigenvalue weighted by atomic mass is 10.0. The predicted molar refractivity (Wildman–Crippen MR) is 114 cm³/mol. The molecule has 144 valence electrons. The van der Waals surface area contributed by atoms with Gasteiger partial charge < -0.3 is 9.47 Å². The molecule has 0 aliphatic carbocycles. The number of hydrogen-bond donors (Lipinski definition) is 0. The van der Waals surface area contributed by atoms with Crippen LogP contribution in [0.15, 0.2) is 53.7 Å². The van der Waals surface area contributed by atoms with E-state index in [-0.39, 0.29) is 11.2 Å². The first-order valence-corrected chi connectivity index (χ1v) is 10.5. The topological polar surface area (TPSA) is 51.0 Å². The van der Waals surface area contributed by atoms with Crippen LogP contribution in [-0.4, -0.2) is 32.5 Å². The van der Waals surface area contributed by atoms with Gasteiger partial charge in [0.05, 0.1) is 5.25 Å². The van der Waals surface area contributed by atoms with E-state index in [9.17, 15) is 4.79 Å². The zero-order valence-corrected chi connectivity index (χ0v) is 17.2. The molecule has 0 spiro atoms. The number of benzene rings is 2. The summed E-state index contributed by atoms with van der Waals surface area (Å²) in [5.74, 6) is 0.946. The Morgan fingerprint density at radius 3 is 2.68 bits per heavy atom. The van der Waals surface area contributed by atoms with Crippen LogP contribution in [0.4, 0.5) is 5.69 Å². The molecule has 3 aromatic rings. The summed E-state index contributed by atoms with van der Waals surface area (Å²) < 4.78 is 1.97. The number of nitrogens with zero attached hydrogens (tertiary/aromatic N) is 4. The molecule has 1 amide bonds. The molecule has 1 aromatic heterocycles. The molecule has 0 radical (unpaired) electrons. The van der Waals surface area contributed by atoms with E-state index in [2.05, 4.69) is 29.3 Å². The lowest BCUT2D eigenvalue weighted by molar-refractivity contribution is -0.117. The van der Waals surface area contributed by atoms with Gasteiger partial charge >= 0.3 is 0 Å². The molecule has 1 aliphatic rings. The van der Waals surface area contributed by atoms with Crippen LogP contribution >= 0.6 is 11.8 Å². The first-order valence-electron chi connectivity index (χ1n) is 9.57. The lowest BCUT2D eigenvalue weighted by Crippen LogP contribution is -2.40. The first kappa shape index (κ1) is 18.7. The average molecular weight is 393 g/mol. The van der Waals surface area contributed by atoms with Crippen LogP contribution in [0.5, 0.6) is 0 Å². The Hall–Kier alpha value is -2.60. The van der Waals surface area contributed by atoms with Crippen molar-refractivity contribution in [3.05, 3.63) is 59.7 Å². The van der Waals surface area contributed by atoms with Gasteiger partial charge in [0, 0.05) is 24.8 Å². The highest BCUT2D eigenvalue weighted by atomic mass is 32.2. The Labute approximate surface area is 169 Å². The standard InChI is InChI=1S/C22H24N4OS/c1-15-9-4-6-12-18(15)20-23-24-22(25(20)3)28-16(2)21(27)26-14-8-11-17-10-5-7-13-19(17)26/h4-7,9-10,12-13,16H,8,11,14H2,1-3H3/t16-/m1/s1. The SMILES string of the molecule is Cc1ccccc1-c1nnc(S[C@H](C)C(=O)N2CCCc3ccccc32)n1C. The second-order valence-electron chi connectivity index (χ2n) is 7.16. The summed E-state index contributed by atoms with van der Waals surface area (Å²) in [7, 11) is 1.96. The van der Waals surface area contributed by atoms with Crippen molar-refractivity contribution in [2.45, 2.75) is 37.1 Å². The molecule has 0 fully saturated rings. The number of fused-ring (bicyclic) bond motifs is 1. The Morgan fingerprint density at radius 2 is 1.86 bits per heavy atom. The summed E-state index contributed by atoms with van der Waals surface area (Å²) in [4.78, 5) is 15.1. The molecule has 1 atom stereocenters. The van der Waals surface area contributed by atoms with E-state index in [1.807, 2.05) is 59.8 Å². The Balaban J connectivity index is 1.54. The number of aryl methyl sites for hydroxylation is 2. The molecule has 1 aliphatic heterocycles. The Kier molecular flexibility index (Phi) is 5.22. The summed E-state index contributed by atoms with van der Waals surface area (Å²) in [5.41, 5.74) is 4.52. The van der Waals surface area contributed by atoms with Crippen LogP contribution in [0, 0.1) is 6.92 Å². The fourth-order valence-corrected chi connectivity index (χ4v) is 4.54. The highest BCUT2D eigenvalue weighted by Crippen LogP contribution is 2.31. The quantitative estimate of drug-likeness (QED) is 0.623. The van der Waals surface area contributed by atoms with Gasteiger partial charge in [0.1, 0.15) is 0 Å². The van der Waals surface area contributed by atoms with Crippen molar-refractivity contribution in [2.24, 2.45) is 7.05 Å². The predicted octanol–water partition coefficient (Wildman–Crippen LogP) is 4.25. The smallest absolute Gasteiger partial charge is 0.240 e. The molecule has 0 bridgehead atoms. The van der Waals surface area contributed by atoms with Crippen molar-refractivity contribution in [3.8, 4) is 11.4 Å². The number of amides is 1. The van der Waals surface area contributed by atoms with Crippen molar-refractivity contribution in [1.29, 1.82) is 0 Å². The molecule has 2 aromatic carbocycles. The van der Waals surface area contributed by atoms with E-state index >= 15 is 0 Å². The molecule has 0 saturated carbocycles. The zero-order valence-electron chi connectivity index (χ0n) is 16.4. The van der Waals surface area contributed by atoms with Gasteiger partial charge in [-0.2, -0.15) is 0 Å². The average Bonchev–Trinajstić information content (AvgIpc) is 3.07. The third kappa shape index (κ3) is 3.44. The summed E-state index contributed by atoms with van der Waals surface area (Å²) in [6.45, 7) is 4.79. The third-order valence-corrected chi connectivity index (χ3v) is 6.35. The second kappa shape index (κ2) is 7.80. The Morgan fingerprint density at radius 1 is 1.11 bits per heavy atom. The zero-order chi connectivity index (χ0) is 19.7.